The van der Waals surface area contributed by atoms with E-state index in [1.807, 2.05) is 18.2 Å². The van der Waals surface area contributed by atoms with Crippen molar-refractivity contribution in [3.8, 4) is 11.5 Å². The van der Waals surface area contributed by atoms with Crippen molar-refractivity contribution in [2.75, 3.05) is 14.2 Å². The molecule has 0 bridgehead atoms. The predicted octanol–water partition coefficient (Wildman–Crippen LogP) is 1.63. The average Bonchev–Trinajstić information content (AvgIpc) is 2.27. The SMILES string of the molecule is COc1ccc2c(c1OC)CC(O)C=C2. The van der Waals surface area contributed by atoms with Crippen LogP contribution < -0.4 is 9.47 Å². The summed E-state index contributed by atoms with van der Waals surface area (Å²) in [4.78, 5) is 0. The molecule has 3 heteroatoms. The minimum Gasteiger partial charge on any atom is -0.493 e. The van der Waals surface area contributed by atoms with Gasteiger partial charge in [-0.15, -0.1) is 0 Å². The van der Waals surface area contributed by atoms with Crippen LogP contribution in [0, 0.1) is 0 Å². The number of aliphatic hydroxyl groups excluding tert-OH is 1. The Morgan fingerprint density at radius 3 is 2.73 bits per heavy atom. The minimum atomic E-state index is -0.432. The molecule has 0 aliphatic heterocycles. The number of hydrogen-bond acceptors (Lipinski definition) is 3. The van der Waals surface area contributed by atoms with E-state index in [-0.39, 0.29) is 0 Å². The Balaban J connectivity index is 2.54. The van der Waals surface area contributed by atoms with Crippen LogP contribution in [0.3, 0.4) is 0 Å². The molecule has 0 spiro atoms. The fourth-order valence-electron chi connectivity index (χ4n) is 1.86. The number of methoxy groups -OCH3 is 2. The fourth-order valence-corrected chi connectivity index (χ4v) is 1.86. The standard InChI is InChI=1S/C12H14O3/c1-14-11-6-4-8-3-5-9(13)7-10(8)12(11)15-2/h3-6,9,13H,7H2,1-2H3. The maximum absolute atomic E-state index is 9.56. The molecule has 0 saturated carbocycles. The first-order valence-electron chi connectivity index (χ1n) is 4.86. The molecule has 1 aliphatic carbocycles. The second-order valence-electron chi connectivity index (χ2n) is 3.50. The van der Waals surface area contributed by atoms with E-state index < -0.39 is 6.10 Å². The normalized spacial score (nSPS) is 18.5. The summed E-state index contributed by atoms with van der Waals surface area (Å²) in [5.41, 5.74) is 2.09. The van der Waals surface area contributed by atoms with Gasteiger partial charge in [-0.3, -0.25) is 0 Å². The van der Waals surface area contributed by atoms with Crippen LogP contribution in [0.25, 0.3) is 6.08 Å². The van der Waals surface area contributed by atoms with Crippen LogP contribution in [-0.2, 0) is 6.42 Å². The minimum absolute atomic E-state index is 0.432. The van der Waals surface area contributed by atoms with E-state index in [1.165, 1.54) is 0 Å². The fraction of sp³-hybridized carbons (Fsp3) is 0.333. The van der Waals surface area contributed by atoms with Crippen LogP contribution in [0.4, 0.5) is 0 Å². The van der Waals surface area contributed by atoms with Gasteiger partial charge >= 0.3 is 0 Å². The molecule has 1 aliphatic rings. The van der Waals surface area contributed by atoms with Crippen molar-refractivity contribution in [1.29, 1.82) is 0 Å². The number of fused-ring (bicyclic) bond motifs is 1. The zero-order valence-corrected chi connectivity index (χ0v) is 8.86. The van der Waals surface area contributed by atoms with Crippen LogP contribution in [0.15, 0.2) is 18.2 Å². The quantitative estimate of drug-likeness (QED) is 0.799. The van der Waals surface area contributed by atoms with Gasteiger partial charge < -0.3 is 14.6 Å². The first-order chi connectivity index (χ1) is 7.26. The van der Waals surface area contributed by atoms with E-state index in [2.05, 4.69) is 0 Å². The van der Waals surface area contributed by atoms with Crippen LogP contribution in [0.5, 0.6) is 11.5 Å². The molecule has 1 unspecified atom stereocenters. The molecule has 0 saturated heterocycles. The molecule has 80 valence electrons. The Labute approximate surface area is 88.9 Å². The lowest BCUT2D eigenvalue weighted by Crippen LogP contribution is -2.13. The molecule has 2 rings (SSSR count). The van der Waals surface area contributed by atoms with Crippen LogP contribution in [-0.4, -0.2) is 25.4 Å². The molecule has 3 nitrogen and oxygen atoms in total. The maximum Gasteiger partial charge on any atom is 0.164 e. The summed E-state index contributed by atoms with van der Waals surface area (Å²) in [6, 6.07) is 3.85. The van der Waals surface area contributed by atoms with Gasteiger partial charge in [-0.25, -0.2) is 0 Å². The summed E-state index contributed by atoms with van der Waals surface area (Å²) in [5, 5.41) is 9.56. The van der Waals surface area contributed by atoms with E-state index in [4.69, 9.17) is 9.47 Å². The van der Waals surface area contributed by atoms with Crippen LogP contribution in [0.1, 0.15) is 11.1 Å². The third kappa shape index (κ3) is 1.70. The monoisotopic (exact) mass is 206 g/mol. The van der Waals surface area contributed by atoms with E-state index in [9.17, 15) is 5.11 Å². The maximum atomic E-state index is 9.56. The summed E-state index contributed by atoms with van der Waals surface area (Å²) in [7, 11) is 3.22. The summed E-state index contributed by atoms with van der Waals surface area (Å²) >= 11 is 0. The second kappa shape index (κ2) is 3.95. The molecule has 1 aromatic rings. The molecule has 1 N–H and O–H groups in total. The highest BCUT2D eigenvalue weighted by atomic mass is 16.5. The summed E-state index contributed by atoms with van der Waals surface area (Å²) in [6.07, 6.45) is 3.84. The van der Waals surface area contributed by atoms with Crippen molar-refractivity contribution < 1.29 is 14.6 Å². The lowest BCUT2D eigenvalue weighted by atomic mass is 9.94. The van der Waals surface area contributed by atoms with Crippen LogP contribution in [0.2, 0.25) is 0 Å². The largest absolute Gasteiger partial charge is 0.493 e. The van der Waals surface area contributed by atoms with Gasteiger partial charge in [0.25, 0.3) is 0 Å². The van der Waals surface area contributed by atoms with Gasteiger partial charge in [-0.2, -0.15) is 0 Å². The smallest absolute Gasteiger partial charge is 0.164 e. The number of rotatable bonds is 2. The molecule has 0 fully saturated rings. The van der Waals surface area contributed by atoms with E-state index >= 15 is 0 Å². The topological polar surface area (TPSA) is 38.7 Å². The highest BCUT2D eigenvalue weighted by Crippen LogP contribution is 2.36. The van der Waals surface area contributed by atoms with Crippen molar-refractivity contribution in [3.63, 3.8) is 0 Å². The molecule has 1 atom stereocenters. The van der Waals surface area contributed by atoms with Gasteiger partial charge in [-0.05, 0) is 11.6 Å². The Morgan fingerprint density at radius 1 is 1.27 bits per heavy atom. The number of hydrogen-bond donors (Lipinski definition) is 1. The predicted molar refractivity (Wildman–Crippen MR) is 58.3 cm³/mol. The number of benzene rings is 1. The summed E-state index contributed by atoms with van der Waals surface area (Å²) in [5.74, 6) is 1.43. The van der Waals surface area contributed by atoms with Crippen molar-refractivity contribution in [2.24, 2.45) is 0 Å². The highest BCUT2D eigenvalue weighted by Gasteiger charge is 2.18. The van der Waals surface area contributed by atoms with Crippen LogP contribution >= 0.6 is 0 Å². The van der Waals surface area contributed by atoms with Crippen molar-refractivity contribution in [3.05, 3.63) is 29.3 Å². The van der Waals surface area contributed by atoms with Crippen molar-refractivity contribution >= 4 is 6.08 Å². The van der Waals surface area contributed by atoms with Gasteiger partial charge in [0.15, 0.2) is 11.5 Å². The molecule has 1 aromatic carbocycles. The number of ether oxygens (including phenoxy) is 2. The van der Waals surface area contributed by atoms with Gasteiger partial charge in [0.2, 0.25) is 0 Å². The van der Waals surface area contributed by atoms with E-state index in [0.29, 0.717) is 12.2 Å². The van der Waals surface area contributed by atoms with Gasteiger partial charge in [0.05, 0.1) is 20.3 Å². The number of aliphatic hydroxyl groups is 1. The molecule has 0 heterocycles. The molecular weight excluding hydrogens is 192 g/mol. The molecule has 0 radical (unpaired) electrons. The Kier molecular flexibility index (Phi) is 2.64. The first-order valence-corrected chi connectivity index (χ1v) is 4.86. The first kappa shape index (κ1) is 10.1. The lowest BCUT2D eigenvalue weighted by molar-refractivity contribution is 0.221. The third-order valence-corrected chi connectivity index (χ3v) is 2.60. The van der Waals surface area contributed by atoms with Gasteiger partial charge in [0.1, 0.15) is 0 Å². The van der Waals surface area contributed by atoms with E-state index in [0.717, 1.165) is 16.9 Å². The highest BCUT2D eigenvalue weighted by molar-refractivity contribution is 5.64. The Bertz CT molecular complexity index is 396. The molecule has 0 amide bonds. The zero-order chi connectivity index (χ0) is 10.8. The lowest BCUT2D eigenvalue weighted by Gasteiger charge is -2.19. The Hall–Kier alpha value is -1.48. The van der Waals surface area contributed by atoms with Crippen molar-refractivity contribution in [2.45, 2.75) is 12.5 Å². The zero-order valence-electron chi connectivity index (χ0n) is 8.86. The molecular formula is C12H14O3. The molecule has 15 heavy (non-hydrogen) atoms. The average molecular weight is 206 g/mol. The second-order valence-corrected chi connectivity index (χ2v) is 3.50. The third-order valence-electron chi connectivity index (χ3n) is 2.60. The summed E-state index contributed by atoms with van der Waals surface area (Å²) in [6.45, 7) is 0. The van der Waals surface area contributed by atoms with E-state index in [1.54, 1.807) is 20.3 Å². The van der Waals surface area contributed by atoms with Gasteiger partial charge in [0, 0.05) is 12.0 Å². The Morgan fingerprint density at radius 2 is 2.07 bits per heavy atom. The summed E-state index contributed by atoms with van der Waals surface area (Å²) < 4.78 is 10.5. The molecule has 0 aromatic heterocycles. The van der Waals surface area contributed by atoms with Crippen molar-refractivity contribution in [1.82, 2.24) is 0 Å². The van der Waals surface area contributed by atoms with Gasteiger partial charge in [-0.1, -0.05) is 18.2 Å².